The second kappa shape index (κ2) is 3.06. The van der Waals surface area contributed by atoms with Crippen molar-refractivity contribution in [3.05, 3.63) is 10.6 Å². The predicted octanol–water partition coefficient (Wildman–Crippen LogP) is 1.08. The van der Waals surface area contributed by atoms with E-state index in [0.717, 1.165) is 0 Å². The first-order valence-corrected chi connectivity index (χ1v) is 6.31. The molecule has 5 nitrogen and oxygen atoms in total. The van der Waals surface area contributed by atoms with Crippen molar-refractivity contribution in [1.82, 2.24) is 10.1 Å². The van der Waals surface area contributed by atoms with Crippen molar-refractivity contribution in [2.24, 2.45) is 0 Å². The summed E-state index contributed by atoms with van der Waals surface area (Å²) in [6.07, 6.45) is 1.27. The van der Waals surface area contributed by atoms with E-state index < -0.39 is 15.1 Å². The molecule has 13 heavy (non-hydrogen) atoms. The highest BCUT2D eigenvalue weighted by Gasteiger charge is 2.36. The molecule has 1 atom stereocenters. The van der Waals surface area contributed by atoms with Gasteiger partial charge in [0.05, 0.1) is 5.75 Å². The topological polar surface area (TPSA) is 73.1 Å². The molecule has 72 valence electrons. The van der Waals surface area contributed by atoms with Crippen LogP contribution in [0.4, 0.5) is 0 Å². The molecule has 0 saturated carbocycles. The van der Waals surface area contributed by atoms with Crippen molar-refractivity contribution in [1.29, 1.82) is 0 Å². The highest BCUT2D eigenvalue weighted by atomic mass is 79.9. The van der Waals surface area contributed by atoms with E-state index in [1.165, 1.54) is 0 Å². The van der Waals surface area contributed by atoms with Crippen LogP contribution in [0.2, 0.25) is 0 Å². The first kappa shape index (κ1) is 9.14. The first-order valence-electron chi connectivity index (χ1n) is 3.80. The van der Waals surface area contributed by atoms with Crippen LogP contribution < -0.4 is 0 Å². The molecule has 1 aromatic rings. The largest absolute Gasteiger partial charge is 0.327 e. The lowest BCUT2D eigenvalue weighted by Crippen LogP contribution is -2.09. The lowest BCUT2D eigenvalue weighted by atomic mass is 10.2. The van der Waals surface area contributed by atoms with Gasteiger partial charge in [0.1, 0.15) is 5.25 Å². The number of rotatable bonds is 1. The van der Waals surface area contributed by atoms with Gasteiger partial charge < -0.3 is 4.52 Å². The Labute approximate surface area is 83.6 Å². The summed E-state index contributed by atoms with van der Waals surface area (Å²) in [6, 6.07) is 0. The fraction of sp³-hybridized carbons (Fsp3) is 0.667. The maximum Gasteiger partial charge on any atom is 0.293 e. The monoisotopic (exact) mass is 266 g/mol. The Balaban J connectivity index is 2.37. The smallest absolute Gasteiger partial charge is 0.293 e. The van der Waals surface area contributed by atoms with Gasteiger partial charge in [-0.25, -0.2) is 8.42 Å². The quantitative estimate of drug-likeness (QED) is 0.761. The summed E-state index contributed by atoms with van der Waals surface area (Å²) in [5, 5.41) is 3.01. The Morgan fingerprint density at radius 1 is 1.54 bits per heavy atom. The maximum atomic E-state index is 11.4. The zero-order valence-electron chi connectivity index (χ0n) is 6.60. The van der Waals surface area contributed by atoms with Crippen molar-refractivity contribution in [2.75, 3.05) is 5.75 Å². The summed E-state index contributed by atoms with van der Waals surface area (Å²) in [5.74, 6) is 0.494. The van der Waals surface area contributed by atoms with Crippen molar-refractivity contribution in [3.8, 4) is 0 Å². The molecule has 1 saturated heterocycles. The van der Waals surface area contributed by atoms with Crippen molar-refractivity contribution < 1.29 is 12.9 Å². The Hall–Kier alpha value is -0.430. The molecule has 1 fully saturated rings. The molecule has 1 aliphatic rings. The number of sulfone groups is 1. The maximum absolute atomic E-state index is 11.4. The summed E-state index contributed by atoms with van der Waals surface area (Å²) in [7, 11) is -3.03. The zero-order chi connectivity index (χ0) is 9.47. The summed E-state index contributed by atoms with van der Waals surface area (Å²) >= 11 is 2.98. The average Bonchev–Trinajstić information content (AvgIpc) is 2.56. The number of halogens is 1. The van der Waals surface area contributed by atoms with E-state index in [1.807, 2.05) is 0 Å². The molecule has 0 amide bonds. The SMILES string of the molecule is O=S1(=O)CCCC1c1noc(Br)n1. The van der Waals surface area contributed by atoms with E-state index in [-0.39, 0.29) is 16.4 Å². The normalized spacial score (nSPS) is 26.4. The minimum Gasteiger partial charge on any atom is -0.327 e. The van der Waals surface area contributed by atoms with Crippen molar-refractivity contribution in [3.63, 3.8) is 0 Å². The predicted molar refractivity (Wildman–Crippen MR) is 47.8 cm³/mol. The summed E-state index contributed by atoms with van der Waals surface area (Å²) in [4.78, 5) is 4.07. The van der Waals surface area contributed by atoms with E-state index in [4.69, 9.17) is 0 Å². The van der Waals surface area contributed by atoms with Gasteiger partial charge in [0.15, 0.2) is 15.7 Å². The minimum absolute atomic E-state index is 0.226. The lowest BCUT2D eigenvalue weighted by Gasteiger charge is -2.01. The fourth-order valence-electron chi connectivity index (χ4n) is 1.43. The third kappa shape index (κ3) is 1.62. The van der Waals surface area contributed by atoms with Crippen LogP contribution in [-0.4, -0.2) is 24.3 Å². The van der Waals surface area contributed by atoms with Gasteiger partial charge in [-0.15, -0.1) is 0 Å². The summed E-state index contributed by atoms with van der Waals surface area (Å²) in [6.45, 7) is 0. The van der Waals surface area contributed by atoms with Crippen LogP contribution >= 0.6 is 15.9 Å². The van der Waals surface area contributed by atoms with Gasteiger partial charge >= 0.3 is 0 Å². The van der Waals surface area contributed by atoms with Gasteiger partial charge in [0.2, 0.25) is 0 Å². The first-order chi connectivity index (χ1) is 6.09. The van der Waals surface area contributed by atoms with E-state index >= 15 is 0 Å². The average molecular weight is 267 g/mol. The van der Waals surface area contributed by atoms with Crippen LogP contribution in [0.3, 0.4) is 0 Å². The molecule has 7 heteroatoms. The van der Waals surface area contributed by atoms with E-state index in [0.29, 0.717) is 12.8 Å². The Bertz CT molecular complexity index is 413. The van der Waals surface area contributed by atoms with E-state index in [1.54, 1.807) is 0 Å². The molecule has 1 aromatic heterocycles. The molecule has 0 spiro atoms. The molecule has 0 N–H and O–H groups in total. The molecule has 0 bridgehead atoms. The Kier molecular flexibility index (Phi) is 2.15. The number of hydrogen-bond acceptors (Lipinski definition) is 5. The molecular formula is C6H7BrN2O3S. The van der Waals surface area contributed by atoms with Gasteiger partial charge in [-0.2, -0.15) is 4.98 Å². The second-order valence-electron chi connectivity index (χ2n) is 2.90. The van der Waals surface area contributed by atoms with Gasteiger partial charge in [-0.05, 0) is 12.8 Å². The summed E-state index contributed by atoms with van der Waals surface area (Å²) < 4.78 is 27.5. The van der Waals surface area contributed by atoms with Gasteiger partial charge in [-0.1, -0.05) is 5.16 Å². The van der Waals surface area contributed by atoms with Crippen LogP contribution in [0.15, 0.2) is 9.32 Å². The molecular weight excluding hydrogens is 260 g/mol. The molecule has 2 heterocycles. The zero-order valence-corrected chi connectivity index (χ0v) is 9.01. The minimum atomic E-state index is -3.03. The molecule has 2 rings (SSSR count). The lowest BCUT2D eigenvalue weighted by molar-refractivity contribution is 0.388. The van der Waals surface area contributed by atoms with Gasteiger partial charge in [0.25, 0.3) is 4.80 Å². The van der Waals surface area contributed by atoms with Crippen LogP contribution in [0.1, 0.15) is 23.9 Å². The van der Waals surface area contributed by atoms with E-state index in [2.05, 4.69) is 30.6 Å². The van der Waals surface area contributed by atoms with E-state index in [9.17, 15) is 8.42 Å². The Morgan fingerprint density at radius 2 is 2.31 bits per heavy atom. The standard InChI is InChI=1S/C6H7BrN2O3S/c7-6-8-5(9-12-6)4-2-1-3-13(4,10)11/h4H,1-3H2. The highest BCUT2D eigenvalue weighted by molar-refractivity contribution is 9.10. The van der Waals surface area contributed by atoms with Crippen molar-refractivity contribution in [2.45, 2.75) is 18.1 Å². The number of nitrogens with zero attached hydrogens (tertiary/aromatic N) is 2. The second-order valence-corrected chi connectivity index (χ2v) is 5.88. The van der Waals surface area contributed by atoms with Crippen molar-refractivity contribution >= 4 is 25.8 Å². The van der Waals surface area contributed by atoms with Crippen LogP contribution in [0.25, 0.3) is 0 Å². The van der Waals surface area contributed by atoms with Crippen LogP contribution in [0.5, 0.6) is 0 Å². The number of hydrogen-bond donors (Lipinski definition) is 0. The molecule has 0 aromatic carbocycles. The molecule has 0 radical (unpaired) electrons. The fourth-order valence-corrected chi connectivity index (χ4v) is 3.48. The van der Waals surface area contributed by atoms with Gasteiger partial charge in [-0.3, -0.25) is 0 Å². The third-order valence-electron chi connectivity index (χ3n) is 2.03. The van der Waals surface area contributed by atoms with Gasteiger partial charge in [0, 0.05) is 15.9 Å². The summed E-state index contributed by atoms with van der Waals surface area (Å²) in [5.41, 5.74) is 0. The molecule has 1 unspecified atom stereocenters. The van der Waals surface area contributed by atoms with Crippen LogP contribution in [-0.2, 0) is 9.84 Å². The molecule has 1 aliphatic heterocycles. The Morgan fingerprint density at radius 3 is 2.77 bits per heavy atom. The van der Waals surface area contributed by atoms with Crippen LogP contribution in [0, 0.1) is 0 Å². The highest BCUT2D eigenvalue weighted by Crippen LogP contribution is 2.32. The third-order valence-corrected chi connectivity index (χ3v) is 4.53. The molecule has 0 aliphatic carbocycles. The number of aromatic nitrogens is 2.